The molecular formula is C38H37NO10. The Hall–Kier alpha value is -4.96. The number of ether oxygens (including phenoxy) is 2. The fraction of sp³-hybridized carbons (Fsp3) is 0.316. The standard InChI is InChI=1S/C38H37NO10/c1-23(7-5-10-24-8-3-2-4-9-24)26-11-6-18-37(45)33(34(42)43)49-36(38(46,35(37)44)22-39-20-26)48-28-16-17-29-31(19-28)47-21-30(32(29)41)25-12-14-27(40)15-13-25/h2-5,8-10,12-17,19,21,23,26,33,35-36,39-40,44-46H,7,11,20,22H2,1H3,(H,42,43). The van der Waals surface area contributed by atoms with E-state index in [0.29, 0.717) is 18.5 Å². The molecule has 0 spiro atoms. The van der Waals surface area contributed by atoms with Crippen LogP contribution in [0.2, 0.25) is 0 Å². The molecule has 6 N–H and O–H groups in total. The lowest BCUT2D eigenvalue weighted by atomic mass is 9.75. The van der Waals surface area contributed by atoms with Crippen LogP contribution in [0.3, 0.4) is 0 Å². The lowest BCUT2D eigenvalue weighted by molar-refractivity contribution is -0.328. The largest absolute Gasteiger partial charge is 0.508 e. The molecule has 1 aromatic heterocycles. The van der Waals surface area contributed by atoms with Crippen molar-refractivity contribution in [2.24, 2.45) is 11.8 Å². The molecule has 1 fully saturated rings. The predicted octanol–water partition coefficient (Wildman–Crippen LogP) is 3.53. The first-order chi connectivity index (χ1) is 23.5. The summed E-state index contributed by atoms with van der Waals surface area (Å²) in [5.41, 5.74) is -3.36. The van der Waals surface area contributed by atoms with E-state index in [9.17, 15) is 35.1 Å². The first-order valence-corrected chi connectivity index (χ1v) is 15.9. The molecule has 2 aliphatic heterocycles. The molecule has 0 radical (unpaired) electrons. The van der Waals surface area contributed by atoms with Crippen LogP contribution in [0.5, 0.6) is 11.5 Å². The number of aliphatic carboxylic acids is 1. The molecule has 1 saturated heterocycles. The Kier molecular flexibility index (Phi) is 9.61. The van der Waals surface area contributed by atoms with Crippen molar-refractivity contribution in [2.45, 2.75) is 49.5 Å². The number of aliphatic hydroxyl groups is 3. The summed E-state index contributed by atoms with van der Waals surface area (Å²) < 4.78 is 17.4. The van der Waals surface area contributed by atoms with Gasteiger partial charge >= 0.3 is 5.97 Å². The quantitative estimate of drug-likeness (QED) is 0.152. The summed E-state index contributed by atoms with van der Waals surface area (Å²) in [6.07, 6.45) is 0.418. The van der Waals surface area contributed by atoms with Gasteiger partial charge < -0.3 is 44.7 Å². The smallest absolute Gasteiger partial charge is 0.337 e. The number of carboxylic acid groups (broad SMARTS) is 1. The maximum atomic E-state index is 13.3. The summed E-state index contributed by atoms with van der Waals surface area (Å²) in [4.78, 5) is 25.6. The van der Waals surface area contributed by atoms with Crippen LogP contribution in [0.4, 0.5) is 0 Å². The summed E-state index contributed by atoms with van der Waals surface area (Å²) in [5.74, 6) is 3.94. The van der Waals surface area contributed by atoms with Crippen LogP contribution in [0.25, 0.3) is 28.2 Å². The summed E-state index contributed by atoms with van der Waals surface area (Å²) >= 11 is 0. The highest BCUT2D eigenvalue weighted by Gasteiger charge is 2.65. The number of allylic oxidation sites excluding steroid dienone is 1. The molecule has 7 atom stereocenters. The zero-order valence-electron chi connectivity index (χ0n) is 26.7. The Morgan fingerprint density at radius 1 is 1.12 bits per heavy atom. The first-order valence-electron chi connectivity index (χ1n) is 15.9. The second kappa shape index (κ2) is 13.9. The molecule has 11 nitrogen and oxygen atoms in total. The number of aliphatic hydroxyl groups excluding tert-OH is 1. The molecule has 11 heteroatoms. The van der Waals surface area contributed by atoms with Gasteiger partial charge in [0.05, 0.1) is 10.9 Å². The molecule has 6 rings (SSSR count). The highest BCUT2D eigenvalue weighted by atomic mass is 16.7. The van der Waals surface area contributed by atoms with Crippen molar-refractivity contribution in [3.8, 4) is 34.5 Å². The van der Waals surface area contributed by atoms with Gasteiger partial charge in [0.1, 0.15) is 29.4 Å². The normalized spacial score (nSPS) is 27.6. The van der Waals surface area contributed by atoms with Crippen molar-refractivity contribution in [2.75, 3.05) is 13.1 Å². The molecule has 3 heterocycles. The minimum atomic E-state index is -2.67. The minimum absolute atomic E-state index is 0.0353. The van der Waals surface area contributed by atoms with Gasteiger partial charge in [-0.05, 0) is 60.2 Å². The van der Waals surface area contributed by atoms with Crippen LogP contribution in [-0.2, 0) is 9.53 Å². The zero-order chi connectivity index (χ0) is 34.8. The van der Waals surface area contributed by atoms with Gasteiger partial charge in [-0.15, -0.1) is 0 Å². The summed E-state index contributed by atoms with van der Waals surface area (Å²) in [6.45, 7) is 2.12. The van der Waals surface area contributed by atoms with Gasteiger partial charge in [-0.1, -0.05) is 73.4 Å². The topological polar surface area (TPSA) is 179 Å². The molecule has 7 unspecified atom stereocenters. The maximum absolute atomic E-state index is 13.3. The van der Waals surface area contributed by atoms with Crippen LogP contribution >= 0.6 is 0 Å². The Labute approximate surface area is 282 Å². The van der Waals surface area contributed by atoms with E-state index in [0.717, 1.165) is 12.0 Å². The first kappa shape index (κ1) is 33.9. The molecule has 2 aliphatic rings. The highest BCUT2D eigenvalue weighted by Crippen LogP contribution is 2.39. The van der Waals surface area contributed by atoms with Crippen LogP contribution < -0.4 is 15.5 Å². The number of carbonyl (C=O) groups is 1. The third kappa shape index (κ3) is 6.83. The van der Waals surface area contributed by atoms with Crippen LogP contribution in [0.1, 0.15) is 25.3 Å². The number of rotatable bonds is 8. The number of nitrogens with one attached hydrogen (secondary N) is 1. The molecule has 3 aromatic carbocycles. The second-order valence-corrected chi connectivity index (χ2v) is 12.6. The van der Waals surface area contributed by atoms with Crippen LogP contribution in [0.15, 0.2) is 94.3 Å². The summed E-state index contributed by atoms with van der Waals surface area (Å²) in [7, 11) is 0. The van der Waals surface area contributed by atoms with E-state index in [1.54, 1.807) is 12.1 Å². The van der Waals surface area contributed by atoms with Crippen molar-refractivity contribution in [3.63, 3.8) is 0 Å². The molecule has 4 aromatic rings. The number of carboxylic acids is 1. The van der Waals surface area contributed by atoms with E-state index in [4.69, 9.17) is 13.9 Å². The maximum Gasteiger partial charge on any atom is 0.337 e. The van der Waals surface area contributed by atoms with Crippen LogP contribution in [0, 0.1) is 23.7 Å². The molecule has 0 amide bonds. The fourth-order valence-corrected chi connectivity index (χ4v) is 6.27. The average molecular weight is 668 g/mol. The SMILES string of the molecule is CC(CC=Cc1ccccc1)C1CC#CC2(O)C(C(=O)O)OC(Oc3ccc4c(=O)c(-c5ccc(O)cc5)coc4c3)C(O)(CNC1)C2O. The lowest BCUT2D eigenvalue weighted by Crippen LogP contribution is -2.76. The van der Waals surface area contributed by atoms with Crippen molar-refractivity contribution in [1.82, 2.24) is 5.32 Å². The van der Waals surface area contributed by atoms with Gasteiger partial charge in [-0.25, -0.2) is 4.79 Å². The average Bonchev–Trinajstić information content (AvgIpc) is 3.08. The van der Waals surface area contributed by atoms with Crippen LogP contribution in [-0.4, -0.2) is 74.3 Å². The third-order valence-electron chi connectivity index (χ3n) is 9.24. The highest BCUT2D eigenvalue weighted by molar-refractivity contribution is 5.82. The van der Waals surface area contributed by atoms with E-state index in [1.807, 2.05) is 36.4 Å². The van der Waals surface area contributed by atoms with Gasteiger partial charge in [0.25, 0.3) is 0 Å². The monoisotopic (exact) mass is 667 g/mol. The minimum Gasteiger partial charge on any atom is -0.508 e. The predicted molar refractivity (Wildman–Crippen MR) is 180 cm³/mol. The molecule has 254 valence electrons. The molecule has 2 bridgehead atoms. The number of phenols is 1. The number of fused-ring (bicyclic) bond motifs is 3. The van der Waals surface area contributed by atoms with Gasteiger partial charge in [-0.3, -0.25) is 4.79 Å². The molecule has 0 aliphatic carbocycles. The van der Waals surface area contributed by atoms with Crippen molar-refractivity contribution >= 4 is 23.0 Å². The van der Waals surface area contributed by atoms with Gasteiger partial charge in [0.15, 0.2) is 16.6 Å². The fourth-order valence-electron chi connectivity index (χ4n) is 6.27. The Bertz CT molecular complexity index is 1960. The number of benzene rings is 3. The Balaban J connectivity index is 1.26. The van der Waals surface area contributed by atoms with Gasteiger partial charge in [0, 0.05) is 19.0 Å². The Morgan fingerprint density at radius 3 is 2.61 bits per heavy atom. The lowest BCUT2D eigenvalue weighted by Gasteiger charge is -2.50. The third-order valence-corrected chi connectivity index (χ3v) is 9.24. The number of aromatic hydroxyl groups is 1. The van der Waals surface area contributed by atoms with Gasteiger partial charge in [-0.2, -0.15) is 0 Å². The summed E-state index contributed by atoms with van der Waals surface area (Å²) in [5, 5.41) is 57.9. The van der Waals surface area contributed by atoms with Gasteiger partial charge in [0.2, 0.25) is 12.4 Å². The van der Waals surface area contributed by atoms with Crippen molar-refractivity contribution < 1.29 is 44.2 Å². The molecule has 49 heavy (non-hydrogen) atoms. The second-order valence-electron chi connectivity index (χ2n) is 12.6. The number of phenolic OH excluding ortho intramolecular Hbond substituents is 1. The van der Waals surface area contributed by atoms with E-state index < -0.39 is 35.7 Å². The van der Waals surface area contributed by atoms with Crippen molar-refractivity contribution in [1.29, 1.82) is 0 Å². The van der Waals surface area contributed by atoms with E-state index in [-0.39, 0.29) is 51.8 Å². The van der Waals surface area contributed by atoms with E-state index in [2.05, 4.69) is 30.2 Å². The Morgan fingerprint density at radius 2 is 1.88 bits per heavy atom. The molecule has 0 saturated carbocycles. The number of β-amino-alcohol motifs (C(OH)–C–C–N with tert-alkyl or cyclic N) is 1. The molecular weight excluding hydrogens is 630 g/mol. The zero-order valence-corrected chi connectivity index (χ0v) is 26.7. The number of hydrogen-bond donors (Lipinski definition) is 6. The van der Waals surface area contributed by atoms with E-state index in [1.165, 1.54) is 36.6 Å². The van der Waals surface area contributed by atoms with E-state index >= 15 is 0 Å². The van der Waals surface area contributed by atoms with Crippen molar-refractivity contribution in [3.05, 3.63) is 101 Å². The number of hydrogen-bond acceptors (Lipinski definition) is 10. The summed E-state index contributed by atoms with van der Waals surface area (Å²) in [6, 6.07) is 20.2.